The maximum Gasteiger partial charge on any atom is 0.253 e. The summed E-state index contributed by atoms with van der Waals surface area (Å²) in [6.45, 7) is 4.05. The number of nitrogens with zero attached hydrogens (tertiary/aromatic N) is 3. The van der Waals surface area contributed by atoms with Crippen LogP contribution in [-0.2, 0) is 12.3 Å². The first-order valence-corrected chi connectivity index (χ1v) is 12.6. The molecule has 1 amide bonds. The van der Waals surface area contributed by atoms with Crippen LogP contribution in [0.1, 0.15) is 21.6 Å². The van der Waals surface area contributed by atoms with Crippen molar-refractivity contribution in [1.29, 1.82) is 0 Å². The SMILES string of the molecule is COc1ccc(-c2nc(CN3CCN(C(=O)c4ccc(CSC)cc4)CC3)cs2)cc1. The van der Waals surface area contributed by atoms with E-state index in [0.717, 1.165) is 66.1 Å². The molecule has 2 aromatic carbocycles. The first kappa shape index (κ1) is 21.9. The number of methoxy groups -OCH3 is 1. The largest absolute Gasteiger partial charge is 0.497 e. The van der Waals surface area contributed by atoms with Crippen LogP contribution in [0, 0.1) is 0 Å². The predicted octanol–water partition coefficient (Wildman–Crippen LogP) is 4.64. The lowest BCUT2D eigenvalue weighted by Gasteiger charge is -2.34. The van der Waals surface area contributed by atoms with E-state index in [0.29, 0.717) is 0 Å². The highest BCUT2D eigenvalue weighted by Gasteiger charge is 2.22. The fourth-order valence-electron chi connectivity index (χ4n) is 3.68. The van der Waals surface area contributed by atoms with Crippen LogP contribution in [0.4, 0.5) is 0 Å². The number of carbonyl (C=O) groups excluding carboxylic acids is 1. The van der Waals surface area contributed by atoms with Crippen LogP contribution in [0.25, 0.3) is 10.6 Å². The molecule has 5 nitrogen and oxygen atoms in total. The van der Waals surface area contributed by atoms with Gasteiger partial charge in [0, 0.05) is 55.0 Å². The Bertz CT molecular complexity index is 994. The second-order valence-corrected chi connectivity index (χ2v) is 9.29. The van der Waals surface area contributed by atoms with E-state index in [4.69, 9.17) is 9.72 Å². The van der Waals surface area contributed by atoms with Gasteiger partial charge in [0.05, 0.1) is 12.8 Å². The third kappa shape index (κ3) is 5.47. The molecule has 0 N–H and O–H groups in total. The van der Waals surface area contributed by atoms with Gasteiger partial charge in [0.2, 0.25) is 0 Å². The van der Waals surface area contributed by atoms with Crippen LogP contribution >= 0.6 is 23.1 Å². The van der Waals surface area contributed by atoms with E-state index < -0.39 is 0 Å². The van der Waals surface area contributed by atoms with E-state index in [1.54, 1.807) is 30.2 Å². The molecule has 0 aliphatic carbocycles. The van der Waals surface area contributed by atoms with E-state index in [1.807, 2.05) is 41.3 Å². The number of thiazole rings is 1. The topological polar surface area (TPSA) is 45.7 Å². The van der Waals surface area contributed by atoms with Crippen molar-refractivity contribution in [3.63, 3.8) is 0 Å². The van der Waals surface area contributed by atoms with Crippen molar-refractivity contribution in [2.45, 2.75) is 12.3 Å². The minimum Gasteiger partial charge on any atom is -0.497 e. The quantitative estimate of drug-likeness (QED) is 0.522. The highest BCUT2D eigenvalue weighted by Crippen LogP contribution is 2.26. The Morgan fingerprint density at radius 2 is 1.77 bits per heavy atom. The van der Waals surface area contributed by atoms with Gasteiger partial charge in [-0.15, -0.1) is 11.3 Å². The van der Waals surface area contributed by atoms with Crippen molar-refractivity contribution < 1.29 is 9.53 Å². The van der Waals surface area contributed by atoms with Gasteiger partial charge in [-0.1, -0.05) is 12.1 Å². The van der Waals surface area contributed by atoms with E-state index in [1.165, 1.54) is 5.56 Å². The number of hydrogen-bond acceptors (Lipinski definition) is 6. The fraction of sp³-hybridized carbons (Fsp3) is 0.333. The van der Waals surface area contributed by atoms with Crippen LogP contribution in [0.5, 0.6) is 5.75 Å². The van der Waals surface area contributed by atoms with Crippen molar-refractivity contribution in [3.8, 4) is 16.3 Å². The van der Waals surface area contributed by atoms with Crippen molar-refractivity contribution in [2.24, 2.45) is 0 Å². The molecule has 0 atom stereocenters. The summed E-state index contributed by atoms with van der Waals surface area (Å²) < 4.78 is 5.23. The number of ether oxygens (including phenoxy) is 1. The molecule has 1 aromatic heterocycles. The second kappa shape index (κ2) is 10.3. The lowest BCUT2D eigenvalue weighted by Crippen LogP contribution is -2.48. The summed E-state index contributed by atoms with van der Waals surface area (Å²) in [4.78, 5) is 22.0. The zero-order chi connectivity index (χ0) is 21.6. The summed E-state index contributed by atoms with van der Waals surface area (Å²) in [5, 5.41) is 3.16. The zero-order valence-electron chi connectivity index (χ0n) is 17.9. The maximum absolute atomic E-state index is 12.8. The molecule has 0 spiro atoms. The Balaban J connectivity index is 1.30. The molecule has 7 heteroatoms. The van der Waals surface area contributed by atoms with Crippen LogP contribution in [0.15, 0.2) is 53.9 Å². The third-order valence-electron chi connectivity index (χ3n) is 5.45. The molecular weight excluding hydrogens is 426 g/mol. The molecule has 1 aliphatic heterocycles. The smallest absolute Gasteiger partial charge is 0.253 e. The maximum atomic E-state index is 12.8. The first-order chi connectivity index (χ1) is 15.2. The molecule has 3 aromatic rings. The normalized spacial score (nSPS) is 14.6. The van der Waals surface area contributed by atoms with Crippen molar-refractivity contribution >= 4 is 29.0 Å². The van der Waals surface area contributed by atoms with E-state index in [2.05, 4.69) is 28.7 Å². The zero-order valence-corrected chi connectivity index (χ0v) is 19.5. The number of piperazine rings is 1. The summed E-state index contributed by atoms with van der Waals surface area (Å²) in [7, 11) is 1.67. The Labute approximate surface area is 192 Å². The first-order valence-electron chi connectivity index (χ1n) is 10.3. The number of rotatable bonds is 7. The average Bonchev–Trinajstić information content (AvgIpc) is 3.28. The number of thioether (sulfide) groups is 1. The van der Waals surface area contributed by atoms with Crippen LogP contribution in [-0.4, -0.2) is 60.2 Å². The second-order valence-electron chi connectivity index (χ2n) is 7.57. The molecule has 0 radical (unpaired) electrons. The Kier molecular flexibility index (Phi) is 7.27. The standard InChI is InChI=1S/C24H27N3O2S2/c1-29-22-9-7-19(8-10-22)23-25-21(17-31-23)15-26-11-13-27(14-12-26)24(28)20-5-3-18(4-6-20)16-30-2/h3-10,17H,11-16H2,1-2H3. The molecule has 162 valence electrons. The van der Waals surface area contributed by atoms with Gasteiger partial charge < -0.3 is 9.64 Å². The number of benzene rings is 2. The molecule has 0 unspecified atom stereocenters. The number of amides is 1. The molecule has 31 heavy (non-hydrogen) atoms. The predicted molar refractivity (Wildman–Crippen MR) is 129 cm³/mol. The van der Waals surface area contributed by atoms with Gasteiger partial charge in [-0.2, -0.15) is 11.8 Å². The fourth-order valence-corrected chi connectivity index (χ4v) is 5.02. The monoisotopic (exact) mass is 453 g/mol. The van der Waals surface area contributed by atoms with Gasteiger partial charge >= 0.3 is 0 Å². The number of carbonyl (C=O) groups is 1. The summed E-state index contributed by atoms with van der Waals surface area (Å²) in [5.41, 5.74) is 4.23. The van der Waals surface area contributed by atoms with Crippen LogP contribution < -0.4 is 4.74 Å². The van der Waals surface area contributed by atoms with Gasteiger partial charge in [-0.05, 0) is 48.2 Å². The van der Waals surface area contributed by atoms with Gasteiger partial charge in [0.25, 0.3) is 5.91 Å². The van der Waals surface area contributed by atoms with Gasteiger partial charge in [0.15, 0.2) is 0 Å². The molecule has 1 saturated heterocycles. The highest BCUT2D eigenvalue weighted by atomic mass is 32.2. The van der Waals surface area contributed by atoms with Gasteiger partial charge in [0.1, 0.15) is 10.8 Å². The average molecular weight is 454 g/mol. The van der Waals surface area contributed by atoms with Crippen LogP contribution in [0.3, 0.4) is 0 Å². The van der Waals surface area contributed by atoms with Gasteiger partial charge in [-0.25, -0.2) is 4.98 Å². The summed E-state index contributed by atoms with van der Waals surface area (Å²) >= 11 is 3.46. The van der Waals surface area contributed by atoms with Crippen molar-refractivity contribution in [2.75, 3.05) is 39.5 Å². The van der Waals surface area contributed by atoms with E-state index >= 15 is 0 Å². The number of aromatic nitrogens is 1. The highest BCUT2D eigenvalue weighted by molar-refractivity contribution is 7.97. The van der Waals surface area contributed by atoms with Crippen LogP contribution in [0.2, 0.25) is 0 Å². The molecule has 1 aliphatic rings. The molecule has 4 rings (SSSR count). The molecule has 0 saturated carbocycles. The number of hydrogen-bond donors (Lipinski definition) is 0. The van der Waals surface area contributed by atoms with E-state index in [9.17, 15) is 4.79 Å². The molecule has 0 bridgehead atoms. The minimum atomic E-state index is 0.130. The molecular formula is C24H27N3O2S2. The lowest BCUT2D eigenvalue weighted by atomic mass is 10.1. The Morgan fingerprint density at radius 1 is 1.06 bits per heavy atom. The Morgan fingerprint density at radius 3 is 2.42 bits per heavy atom. The minimum absolute atomic E-state index is 0.130. The van der Waals surface area contributed by atoms with Gasteiger partial charge in [-0.3, -0.25) is 9.69 Å². The summed E-state index contributed by atoms with van der Waals surface area (Å²) in [6, 6.07) is 16.0. The third-order valence-corrected chi connectivity index (χ3v) is 7.01. The Hall–Kier alpha value is -2.35. The van der Waals surface area contributed by atoms with Crippen molar-refractivity contribution in [3.05, 3.63) is 70.7 Å². The lowest BCUT2D eigenvalue weighted by molar-refractivity contribution is 0.0627. The van der Waals surface area contributed by atoms with E-state index in [-0.39, 0.29) is 5.91 Å². The summed E-state index contributed by atoms with van der Waals surface area (Å²) in [5.74, 6) is 1.96. The molecule has 1 fully saturated rings. The summed E-state index contributed by atoms with van der Waals surface area (Å²) in [6.07, 6.45) is 2.09. The molecule has 2 heterocycles. The van der Waals surface area contributed by atoms with Crippen molar-refractivity contribution in [1.82, 2.24) is 14.8 Å².